The van der Waals surface area contributed by atoms with E-state index in [-0.39, 0.29) is 52.0 Å². The quantitative estimate of drug-likeness (QED) is 0.401. The average molecular weight is 457 g/mol. The lowest BCUT2D eigenvalue weighted by Gasteiger charge is -2.33. The number of ether oxygens (including phenoxy) is 2. The van der Waals surface area contributed by atoms with Gasteiger partial charge in [0.05, 0.1) is 29.9 Å². The predicted octanol–water partition coefficient (Wildman–Crippen LogP) is 1.32. The minimum atomic E-state index is -1.74. The van der Waals surface area contributed by atoms with Crippen LogP contribution in [0.5, 0.6) is 11.5 Å². The molecule has 0 saturated heterocycles. The van der Waals surface area contributed by atoms with Crippen LogP contribution in [0.4, 0.5) is 0 Å². The number of ketones is 1. The largest absolute Gasteiger partial charge is 0.508 e. The van der Waals surface area contributed by atoms with E-state index in [9.17, 15) is 29.7 Å². The van der Waals surface area contributed by atoms with Crippen LogP contribution in [0.25, 0.3) is 0 Å². The highest BCUT2D eigenvalue weighted by molar-refractivity contribution is 6.35. The first-order valence-electron chi connectivity index (χ1n) is 9.30. The van der Waals surface area contributed by atoms with Gasteiger partial charge in [0.2, 0.25) is 0 Å². The Hall–Kier alpha value is -2.82. The number of rotatable bonds is 6. The Morgan fingerprint density at radius 3 is 2.48 bits per heavy atom. The van der Waals surface area contributed by atoms with E-state index in [0.29, 0.717) is 0 Å². The first-order chi connectivity index (χ1) is 14.3. The van der Waals surface area contributed by atoms with E-state index >= 15 is 0 Å². The molecule has 10 nitrogen and oxygen atoms in total. The summed E-state index contributed by atoms with van der Waals surface area (Å²) in [5.74, 6) is -2.35. The molecule has 1 atom stereocenters. The molecular formula is C20H25ClN2O8. The summed E-state index contributed by atoms with van der Waals surface area (Å²) in [4.78, 5) is 36.0. The van der Waals surface area contributed by atoms with E-state index in [1.54, 1.807) is 0 Å². The highest BCUT2D eigenvalue weighted by Crippen LogP contribution is 2.43. The zero-order chi connectivity index (χ0) is 23.6. The fourth-order valence-corrected chi connectivity index (χ4v) is 3.07. The van der Waals surface area contributed by atoms with Crippen molar-refractivity contribution in [3.63, 3.8) is 0 Å². The number of carbonyl (C=O) groups excluding carboxylic acids is 3. The van der Waals surface area contributed by atoms with Crippen LogP contribution >= 0.6 is 11.6 Å². The molecule has 0 bridgehead atoms. The number of hydrazine groups is 1. The van der Waals surface area contributed by atoms with Crippen LogP contribution in [0, 0.1) is 0 Å². The molecule has 0 aromatic heterocycles. The maximum atomic E-state index is 12.6. The molecule has 0 unspecified atom stereocenters. The fraction of sp³-hybridized carbons (Fsp3) is 0.450. The van der Waals surface area contributed by atoms with Crippen molar-refractivity contribution in [2.45, 2.75) is 51.4 Å². The smallest absolute Gasteiger partial charge is 0.271 e. The van der Waals surface area contributed by atoms with Gasteiger partial charge in [0.1, 0.15) is 22.9 Å². The van der Waals surface area contributed by atoms with Crippen LogP contribution < -0.4 is 20.3 Å². The number of hydrogen-bond acceptors (Lipinski definition) is 8. The fourth-order valence-electron chi connectivity index (χ4n) is 2.78. The Morgan fingerprint density at radius 2 is 1.97 bits per heavy atom. The summed E-state index contributed by atoms with van der Waals surface area (Å²) in [5, 5.41) is 29.6. The van der Waals surface area contributed by atoms with Crippen molar-refractivity contribution in [1.82, 2.24) is 10.9 Å². The minimum absolute atomic E-state index is 0.0693. The zero-order valence-electron chi connectivity index (χ0n) is 17.5. The van der Waals surface area contributed by atoms with E-state index in [1.807, 2.05) is 0 Å². The van der Waals surface area contributed by atoms with Gasteiger partial charge in [0.15, 0.2) is 11.4 Å². The SMILES string of the molecule is COc1cc(C(=O)NNC(=O)C(C)(C)O)c(Cl)c(O[C@@]2(C)CCC(=O)C=C2O)c1CO. The lowest BCUT2D eigenvalue weighted by atomic mass is 9.89. The molecule has 0 aliphatic heterocycles. The van der Waals surface area contributed by atoms with Gasteiger partial charge in [-0.3, -0.25) is 25.2 Å². The molecule has 1 aliphatic carbocycles. The first-order valence-corrected chi connectivity index (χ1v) is 9.68. The molecule has 0 saturated carbocycles. The molecule has 11 heteroatoms. The third-order valence-electron chi connectivity index (χ3n) is 4.77. The number of aliphatic hydroxyl groups is 3. The molecule has 2 rings (SSSR count). The highest BCUT2D eigenvalue weighted by Gasteiger charge is 2.38. The third-order valence-corrected chi connectivity index (χ3v) is 5.14. The molecule has 2 amide bonds. The molecule has 1 aromatic carbocycles. The highest BCUT2D eigenvalue weighted by atomic mass is 35.5. The van der Waals surface area contributed by atoms with Crippen LogP contribution in [0.3, 0.4) is 0 Å². The van der Waals surface area contributed by atoms with Crippen molar-refractivity contribution in [1.29, 1.82) is 0 Å². The Balaban J connectivity index is 2.47. The minimum Gasteiger partial charge on any atom is -0.508 e. The second-order valence-corrected chi connectivity index (χ2v) is 8.08. The Morgan fingerprint density at radius 1 is 1.32 bits per heavy atom. The molecule has 1 aliphatic rings. The summed E-state index contributed by atoms with van der Waals surface area (Å²) in [7, 11) is 1.31. The van der Waals surface area contributed by atoms with Gasteiger partial charge >= 0.3 is 0 Å². The maximum Gasteiger partial charge on any atom is 0.271 e. The second-order valence-electron chi connectivity index (χ2n) is 7.70. The molecule has 170 valence electrons. The molecule has 0 fully saturated rings. The van der Waals surface area contributed by atoms with E-state index in [0.717, 1.165) is 6.08 Å². The van der Waals surface area contributed by atoms with Gasteiger partial charge in [-0.1, -0.05) is 11.6 Å². The molecule has 0 heterocycles. The van der Waals surface area contributed by atoms with Gasteiger partial charge in [-0.05, 0) is 26.8 Å². The zero-order valence-corrected chi connectivity index (χ0v) is 18.3. The molecular weight excluding hydrogens is 432 g/mol. The number of allylic oxidation sites excluding steroid dienone is 1. The van der Waals surface area contributed by atoms with Crippen LogP contribution in [-0.4, -0.2) is 51.2 Å². The summed E-state index contributed by atoms with van der Waals surface area (Å²) in [6, 6.07) is 1.24. The number of amides is 2. The van der Waals surface area contributed by atoms with Crippen LogP contribution in [0.15, 0.2) is 17.9 Å². The third kappa shape index (κ3) is 5.27. The van der Waals surface area contributed by atoms with Gasteiger partial charge in [0, 0.05) is 18.9 Å². The Kier molecular flexibility index (Phi) is 7.20. The number of nitrogens with one attached hydrogen (secondary N) is 2. The van der Waals surface area contributed by atoms with E-state index < -0.39 is 29.6 Å². The molecule has 1 aromatic rings. The summed E-state index contributed by atoms with van der Waals surface area (Å²) in [6.45, 7) is 3.45. The second kappa shape index (κ2) is 9.13. The molecule has 5 N–H and O–H groups in total. The maximum absolute atomic E-state index is 12.6. The van der Waals surface area contributed by atoms with Gasteiger partial charge in [-0.25, -0.2) is 0 Å². The number of benzene rings is 1. The Labute approximate surface area is 183 Å². The lowest BCUT2D eigenvalue weighted by Crippen LogP contribution is -2.50. The van der Waals surface area contributed by atoms with Crippen molar-refractivity contribution in [3.05, 3.63) is 34.1 Å². The standard InChI is InChI=1S/C20H25ClN2O8/c1-19(2,29)18(28)23-22-17(27)11-8-13(30-4)12(9-24)16(15(11)21)31-20(3)6-5-10(25)7-14(20)26/h7-8,24,26,29H,5-6,9H2,1-4H3,(H,22,27)(H,23,28)/t20-/m0/s1. The molecule has 31 heavy (non-hydrogen) atoms. The number of aliphatic hydroxyl groups excluding tert-OH is 2. The van der Waals surface area contributed by atoms with Gasteiger partial charge in [-0.2, -0.15) is 0 Å². The lowest BCUT2D eigenvalue weighted by molar-refractivity contribution is -0.137. The van der Waals surface area contributed by atoms with Gasteiger partial charge < -0.3 is 24.8 Å². The van der Waals surface area contributed by atoms with E-state index in [1.165, 1.54) is 33.9 Å². The number of carbonyl (C=O) groups is 3. The van der Waals surface area contributed by atoms with E-state index in [2.05, 4.69) is 10.9 Å². The van der Waals surface area contributed by atoms with E-state index in [4.69, 9.17) is 21.1 Å². The van der Waals surface area contributed by atoms with Crippen molar-refractivity contribution in [2.75, 3.05) is 7.11 Å². The monoisotopic (exact) mass is 456 g/mol. The van der Waals surface area contributed by atoms with Crippen LogP contribution in [0.1, 0.15) is 49.5 Å². The molecule has 0 spiro atoms. The summed E-state index contributed by atoms with van der Waals surface area (Å²) in [5.41, 5.74) is 1.08. The topological polar surface area (TPSA) is 154 Å². The van der Waals surface area contributed by atoms with Crippen LogP contribution in [0.2, 0.25) is 5.02 Å². The Bertz CT molecular complexity index is 938. The average Bonchev–Trinajstić information content (AvgIpc) is 2.69. The van der Waals surface area contributed by atoms with Crippen molar-refractivity contribution >= 4 is 29.2 Å². The number of methoxy groups -OCH3 is 1. The molecule has 0 radical (unpaired) electrons. The van der Waals surface area contributed by atoms with Crippen molar-refractivity contribution in [3.8, 4) is 11.5 Å². The summed E-state index contributed by atoms with van der Waals surface area (Å²) < 4.78 is 11.2. The number of halogens is 1. The van der Waals surface area contributed by atoms with Gasteiger partial charge in [-0.15, -0.1) is 0 Å². The number of hydrogen-bond donors (Lipinski definition) is 5. The van der Waals surface area contributed by atoms with Gasteiger partial charge in [0.25, 0.3) is 11.8 Å². The normalized spacial score (nSPS) is 18.8. The predicted molar refractivity (Wildman–Crippen MR) is 110 cm³/mol. The summed E-state index contributed by atoms with van der Waals surface area (Å²) in [6.07, 6.45) is 1.30. The van der Waals surface area contributed by atoms with Crippen molar-refractivity contribution < 1.29 is 39.2 Å². The van der Waals surface area contributed by atoms with Crippen LogP contribution in [-0.2, 0) is 16.2 Å². The first kappa shape index (κ1) is 24.4. The summed E-state index contributed by atoms with van der Waals surface area (Å²) >= 11 is 6.40. The van der Waals surface area contributed by atoms with Crippen molar-refractivity contribution in [2.24, 2.45) is 0 Å².